The molecule has 0 atom stereocenters. The predicted octanol–water partition coefficient (Wildman–Crippen LogP) is 12.8. The number of aromatic nitrogens is 1. The summed E-state index contributed by atoms with van der Waals surface area (Å²) >= 11 is 0. The number of allylic oxidation sites excluding steroid dienone is 2. The molecule has 0 spiro atoms. The largest absolute Gasteiger partial charge is 0.264 e. The van der Waals surface area contributed by atoms with E-state index in [1.165, 1.54) is 65.7 Å². The molecule has 0 radical (unpaired) electrons. The molecule has 0 N–H and O–H groups in total. The Balaban J connectivity index is 1.54. The summed E-state index contributed by atoms with van der Waals surface area (Å²) in [5, 5.41) is 7.77. The van der Waals surface area contributed by atoms with Gasteiger partial charge in [-0.15, -0.1) is 0 Å². The minimum absolute atomic E-state index is 0.0165. The Bertz CT molecular complexity index is 2340. The zero-order valence-corrected chi connectivity index (χ0v) is 28.9. The average Bonchev–Trinajstić information content (AvgIpc) is 3.08. The fourth-order valence-electron chi connectivity index (χ4n) is 6.88. The number of rotatable bonds is 6. The van der Waals surface area contributed by atoms with Crippen molar-refractivity contribution in [2.75, 3.05) is 0 Å². The van der Waals surface area contributed by atoms with Gasteiger partial charge in [-0.2, -0.15) is 0 Å². The molecule has 7 aromatic rings. The van der Waals surface area contributed by atoms with Gasteiger partial charge in [0.25, 0.3) is 0 Å². The van der Waals surface area contributed by atoms with Crippen LogP contribution in [0, 0.1) is 0 Å². The maximum Gasteiger partial charge on any atom is 0.0701 e. The van der Waals surface area contributed by atoms with Crippen molar-refractivity contribution < 1.29 is 0 Å². The van der Waals surface area contributed by atoms with Crippen molar-refractivity contribution in [2.45, 2.75) is 52.4 Å². The lowest BCUT2D eigenvalue weighted by molar-refractivity contribution is 0.591. The van der Waals surface area contributed by atoms with Crippen molar-refractivity contribution in [2.24, 2.45) is 4.99 Å². The van der Waals surface area contributed by atoms with E-state index in [1.807, 2.05) is 24.4 Å². The van der Waals surface area contributed by atoms with Crippen molar-refractivity contribution in [1.29, 1.82) is 0 Å². The molecular weight excluding hydrogens is 581 g/mol. The highest BCUT2D eigenvalue weighted by Crippen LogP contribution is 2.47. The van der Waals surface area contributed by atoms with E-state index in [2.05, 4.69) is 156 Å². The second-order valence-corrected chi connectivity index (χ2v) is 14.9. The summed E-state index contributed by atoms with van der Waals surface area (Å²) in [4.78, 5) is 8.80. The van der Waals surface area contributed by atoms with Gasteiger partial charge in [0.1, 0.15) is 0 Å². The fourth-order valence-corrected chi connectivity index (χ4v) is 6.88. The van der Waals surface area contributed by atoms with Gasteiger partial charge in [-0.1, -0.05) is 121 Å². The highest BCUT2D eigenvalue weighted by atomic mass is 14.7. The summed E-state index contributed by atoms with van der Waals surface area (Å²) in [5.41, 5.74) is 11.5. The van der Waals surface area contributed by atoms with Crippen LogP contribution in [0.3, 0.4) is 0 Å². The van der Waals surface area contributed by atoms with E-state index in [1.54, 1.807) is 6.08 Å². The SMILES string of the molecule is C=C/C=C(\N=C)c1ccc(-c2cc3cc(C(C)(C)C)cc4c(-c5ccc(-c6ccccn6)cc5)cc5cc(C(C)(C)C)cc2c5c34)cc1. The number of aliphatic imine (C=N–C) groups is 1. The van der Waals surface area contributed by atoms with Crippen LogP contribution in [0.25, 0.3) is 71.5 Å². The lowest BCUT2D eigenvalue weighted by atomic mass is 9.78. The van der Waals surface area contributed by atoms with Crippen LogP contribution in [0.5, 0.6) is 0 Å². The van der Waals surface area contributed by atoms with Crippen LogP contribution in [0.1, 0.15) is 58.2 Å². The third-order valence-corrected chi connectivity index (χ3v) is 9.59. The molecule has 0 aliphatic rings. The lowest BCUT2D eigenvalue weighted by Crippen LogP contribution is -2.12. The summed E-state index contributed by atoms with van der Waals surface area (Å²) < 4.78 is 0. The monoisotopic (exact) mass is 622 g/mol. The summed E-state index contributed by atoms with van der Waals surface area (Å²) in [7, 11) is 0. The Morgan fingerprint density at radius 2 is 1.12 bits per heavy atom. The first kappa shape index (κ1) is 31.3. The van der Waals surface area contributed by atoms with Gasteiger partial charge in [0.2, 0.25) is 0 Å². The quantitative estimate of drug-likeness (QED) is 0.103. The summed E-state index contributed by atoms with van der Waals surface area (Å²) in [6.45, 7) is 21.4. The minimum atomic E-state index is -0.0184. The molecule has 236 valence electrons. The smallest absolute Gasteiger partial charge is 0.0701 e. The predicted molar refractivity (Wildman–Crippen MR) is 209 cm³/mol. The maximum atomic E-state index is 4.58. The Morgan fingerprint density at radius 1 is 0.625 bits per heavy atom. The number of nitrogens with zero attached hydrogens (tertiary/aromatic N) is 2. The van der Waals surface area contributed by atoms with Crippen molar-refractivity contribution in [3.05, 3.63) is 145 Å². The molecule has 7 rings (SSSR count). The standard InChI is InChI=1S/C46H42N2/c1-9-12-41(47-8)31-18-14-29(15-19-31)37-25-33-23-36(46(5,6)7)28-40-38(30-16-20-32(21-17-30)42-13-10-11-22-48-42)26-34-24-35(45(2,3)4)27-39(37)43(34)44(33)40/h9-28H,1,8H2,2-7H3/b41-12-. The molecule has 0 unspecified atom stereocenters. The van der Waals surface area contributed by atoms with E-state index in [0.29, 0.717) is 0 Å². The molecule has 2 nitrogen and oxygen atoms in total. The van der Waals surface area contributed by atoms with Gasteiger partial charge in [0.15, 0.2) is 0 Å². The van der Waals surface area contributed by atoms with E-state index in [0.717, 1.165) is 22.5 Å². The highest BCUT2D eigenvalue weighted by molar-refractivity contribution is 6.29. The molecule has 1 aromatic heterocycles. The normalized spacial score (nSPS) is 12.7. The average molecular weight is 623 g/mol. The number of pyridine rings is 1. The van der Waals surface area contributed by atoms with E-state index >= 15 is 0 Å². The van der Waals surface area contributed by atoms with Gasteiger partial charge in [-0.3, -0.25) is 9.98 Å². The van der Waals surface area contributed by atoms with Crippen LogP contribution in [0.4, 0.5) is 0 Å². The fraction of sp³-hybridized carbons (Fsp3) is 0.174. The van der Waals surface area contributed by atoms with Gasteiger partial charge in [-0.25, -0.2) is 0 Å². The molecule has 0 amide bonds. The molecule has 0 bridgehead atoms. The topological polar surface area (TPSA) is 25.2 Å². The summed E-state index contributed by atoms with van der Waals surface area (Å²) in [6, 6.07) is 38.2. The molecule has 0 saturated heterocycles. The van der Waals surface area contributed by atoms with Gasteiger partial charge < -0.3 is 0 Å². The highest BCUT2D eigenvalue weighted by Gasteiger charge is 2.24. The second kappa shape index (κ2) is 11.7. The van der Waals surface area contributed by atoms with Gasteiger partial charge in [0, 0.05) is 17.3 Å². The van der Waals surface area contributed by atoms with Crippen LogP contribution in [-0.2, 0) is 10.8 Å². The molecule has 0 aliphatic heterocycles. The molecule has 2 heteroatoms. The van der Waals surface area contributed by atoms with Crippen LogP contribution in [0.15, 0.2) is 133 Å². The Labute approximate surface area is 284 Å². The van der Waals surface area contributed by atoms with E-state index in [9.17, 15) is 0 Å². The van der Waals surface area contributed by atoms with Crippen LogP contribution in [-0.4, -0.2) is 11.7 Å². The summed E-state index contributed by atoms with van der Waals surface area (Å²) in [5.74, 6) is 0. The first-order valence-electron chi connectivity index (χ1n) is 16.7. The van der Waals surface area contributed by atoms with Crippen LogP contribution < -0.4 is 0 Å². The minimum Gasteiger partial charge on any atom is -0.264 e. The van der Waals surface area contributed by atoms with Gasteiger partial charge in [0.05, 0.1) is 11.4 Å². The second-order valence-electron chi connectivity index (χ2n) is 14.9. The van der Waals surface area contributed by atoms with Crippen LogP contribution >= 0.6 is 0 Å². The molecule has 48 heavy (non-hydrogen) atoms. The zero-order chi connectivity index (χ0) is 33.8. The first-order chi connectivity index (χ1) is 23.0. The number of hydrogen-bond acceptors (Lipinski definition) is 2. The first-order valence-corrected chi connectivity index (χ1v) is 16.7. The van der Waals surface area contributed by atoms with E-state index in [-0.39, 0.29) is 10.8 Å². The third-order valence-electron chi connectivity index (χ3n) is 9.59. The molecule has 0 saturated carbocycles. The molecule has 0 aliphatic carbocycles. The van der Waals surface area contributed by atoms with Crippen molar-refractivity contribution >= 4 is 44.7 Å². The van der Waals surface area contributed by atoms with Crippen molar-refractivity contribution in [3.63, 3.8) is 0 Å². The van der Waals surface area contributed by atoms with Crippen molar-refractivity contribution in [3.8, 4) is 33.5 Å². The zero-order valence-electron chi connectivity index (χ0n) is 28.9. The summed E-state index contributed by atoms with van der Waals surface area (Å²) in [6.07, 6.45) is 5.50. The Kier molecular flexibility index (Phi) is 7.63. The molecule has 0 fully saturated rings. The molecule has 6 aromatic carbocycles. The van der Waals surface area contributed by atoms with Gasteiger partial charge >= 0.3 is 0 Å². The number of hydrogen-bond donors (Lipinski definition) is 0. The van der Waals surface area contributed by atoms with E-state index in [4.69, 9.17) is 0 Å². The van der Waals surface area contributed by atoms with Gasteiger partial charge in [-0.05, 0) is 126 Å². The van der Waals surface area contributed by atoms with E-state index < -0.39 is 0 Å². The number of benzene rings is 6. The molecular formula is C46H42N2. The Hall–Kier alpha value is -5.34. The maximum absolute atomic E-state index is 4.58. The lowest BCUT2D eigenvalue weighted by Gasteiger charge is -2.26. The third kappa shape index (κ3) is 5.52. The molecule has 1 heterocycles. The Morgan fingerprint density at radius 3 is 1.56 bits per heavy atom. The van der Waals surface area contributed by atoms with Crippen LogP contribution in [0.2, 0.25) is 0 Å². The van der Waals surface area contributed by atoms with Crippen molar-refractivity contribution in [1.82, 2.24) is 4.98 Å².